The molecule has 1 aromatic rings. The number of nitrogens with zero attached hydrogens (tertiary/aromatic N) is 4. The van der Waals surface area contributed by atoms with Crippen molar-refractivity contribution in [3.8, 4) is 0 Å². The Bertz CT molecular complexity index is 968. The number of rotatable bonds is 3. The summed E-state index contributed by atoms with van der Waals surface area (Å²) in [5.74, 6) is -0.413. The van der Waals surface area contributed by atoms with Crippen LogP contribution in [0.4, 0.5) is 0 Å². The van der Waals surface area contributed by atoms with E-state index in [1.807, 2.05) is 4.90 Å². The number of carbonyl (C=O) groups excluding carboxylic acids is 2. The molecule has 1 saturated carbocycles. The average molecular weight is 433 g/mol. The molecule has 0 spiro atoms. The van der Waals surface area contributed by atoms with Crippen LogP contribution in [0.1, 0.15) is 36.0 Å². The topological polar surface area (TPSA) is 90.9 Å². The lowest BCUT2D eigenvalue weighted by atomic mass is 9.78. The zero-order valence-corrected chi connectivity index (χ0v) is 18.3. The standard InChI is InChI=1S/C21H28N4O4S/c1-23-17-6-4-3-5-16(17)18(19(21(23)27)30(2,28)29)24-11-13-25(14-12-24)20(26)15-7-9-22-10-8-15/h7-10,16-17H,3-6,11-14H2,1-2H3. The Hall–Kier alpha value is -2.42. The summed E-state index contributed by atoms with van der Waals surface area (Å²) in [7, 11) is -1.95. The van der Waals surface area contributed by atoms with Crippen LogP contribution in [0.3, 0.4) is 0 Å². The van der Waals surface area contributed by atoms with E-state index in [0.717, 1.165) is 31.9 Å². The Morgan fingerprint density at radius 2 is 1.70 bits per heavy atom. The smallest absolute Gasteiger partial charge is 0.267 e. The number of likely N-dealkylation sites (N-methyl/N-ethyl adjacent to an activating group) is 1. The van der Waals surface area contributed by atoms with Gasteiger partial charge in [-0.3, -0.25) is 14.6 Å². The highest BCUT2D eigenvalue weighted by Crippen LogP contribution is 2.41. The van der Waals surface area contributed by atoms with Gasteiger partial charge in [-0.15, -0.1) is 0 Å². The third-order valence-electron chi connectivity index (χ3n) is 6.53. The minimum Gasteiger partial charge on any atom is -0.370 e. The number of hydrogen-bond donors (Lipinski definition) is 0. The molecular formula is C21H28N4O4S. The first kappa shape index (κ1) is 20.8. The molecule has 4 rings (SSSR count). The van der Waals surface area contributed by atoms with Gasteiger partial charge in [0.05, 0.1) is 0 Å². The van der Waals surface area contributed by atoms with E-state index in [9.17, 15) is 18.0 Å². The molecule has 2 aliphatic heterocycles. The number of carbonyl (C=O) groups is 2. The maximum atomic E-state index is 13.0. The van der Waals surface area contributed by atoms with Crippen LogP contribution in [0.5, 0.6) is 0 Å². The van der Waals surface area contributed by atoms with E-state index in [2.05, 4.69) is 4.98 Å². The second-order valence-electron chi connectivity index (χ2n) is 8.38. The molecule has 0 aromatic carbocycles. The molecule has 2 fully saturated rings. The van der Waals surface area contributed by atoms with Crippen molar-refractivity contribution in [2.45, 2.75) is 31.7 Å². The first-order chi connectivity index (χ1) is 14.3. The minimum absolute atomic E-state index is 0.0358. The summed E-state index contributed by atoms with van der Waals surface area (Å²) in [6, 6.07) is 3.44. The molecule has 8 nitrogen and oxygen atoms in total. The van der Waals surface area contributed by atoms with Crippen molar-refractivity contribution in [3.05, 3.63) is 40.7 Å². The number of hydrogen-bond acceptors (Lipinski definition) is 6. The van der Waals surface area contributed by atoms with Gasteiger partial charge in [0.1, 0.15) is 0 Å². The first-order valence-electron chi connectivity index (χ1n) is 10.4. The van der Waals surface area contributed by atoms with Crippen LogP contribution in [0, 0.1) is 5.92 Å². The van der Waals surface area contributed by atoms with Crippen LogP contribution in [0.2, 0.25) is 0 Å². The largest absolute Gasteiger partial charge is 0.370 e. The zero-order chi connectivity index (χ0) is 21.5. The Balaban J connectivity index is 1.62. The minimum atomic E-state index is -3.67. The number of piperazine rings is 1. The van der Waals surface area contributed by atoms with Crippen molar-refractivity contribution >= 4 is 21.7 Å². The molecule has 2 amide bonds. The fourth-order valence-electron chi connectivity index (χ4n) is 5.04. The fourth-order valence-corrected chi connectivity index (χ4v) is 6.16. The fraction of sp³-hybridized carbons (Fsp3) is 0.571. The quantitative estimate of drug-likeness (QED) is 0.711. The van der Waals surface area contributed by atoms with Crippen molar-refractivity contribution in [1.29, 1.82) is 0 Å². The monoisotopic (exact) mass is 432 g/mol. The lowest BCUT2D eigenvalue weighted by molar-refractivity contribution is -0.130. The predicted molar refractivity (Wildman–Crippen MR) is 112 cm³/mol. The van der Waals surface area contributed by atoms with Crippen LogP contribution < -0.4 is 0 Å². The highest BCUT2D eigenvalue weighted by atomic mass is 32.2. The number of amides is 2. The zero-order valence-electron chi connectivity index (χ0n) is 17.5. The lowest BCUT2D eigenvalue weighted by Gasteiger charge is -2.48. The van der Waals surface area contributed by atoms with Crippen LogP contribution in [-0.2, 0) is 14.6 Å². The number of pyridine rings is 1. The second kappa shape index (κ2) is 8.02. The van der Waals surface area contributed by atoms with Gasteiger partial charge in [0, 0.05) is 75.1 Å². The molecule has 0 radical (unpaired) electrons. The molecule has 2 unspecified atom stereocenters. The second-order valence-corrected chi connectivity index (χ2v) is 10.3. The Morgan fingerprint density at radius 3 is 2.33 bits per heavy atom. The van der Waals surface area contributed by atoms with E-state index >= 15 is 0 Å². The lowest BCUT2D eigenvalue weighted by Crippen LogP contribution is -2.56. The summed E-state index contributed by atoms with van der Waals surface area (Å²) in [6.07, 6.45) is 8.18. The molecule has 3 heterocycles. The summed E-state index contributed by atoms with van der Waals surface area (Å²) in [5.41, 5.74) is 1.28. The molecule has 1 aliphatic carbocycles. The van der Waals surface area contributed by atoms with E-state index in [0.29, 0.717) is 37.4 Å². The molecule has 3 aliphatic rings. The molecule has 9 heteroatoms. The third kappa shape index (κ3) is 3.71. The maximum Gasteiger partial charge on any atom is 0.267 e. The van der Waals surface area contributed by atoms with Crippen LogP contribution in [0.25, 0.3) is 0 Å². The van der Waals surface area contributed by atoms with Gasteiger partial charge in [-0.1, -0.05) is 12.8 Å². The van der Waals surface area contributed by atoms with Gasteiger partial charge in [0.2, 0.25) is 0 Å². The SMILES string of the molecule is CN1C(=O)C(S(C)(=O)=O)=C(N2CCN(C(=O)c3ccncc3)CC2)C2CCCCC21. The van der Waals surface area contributed by atoms with Crippen molar-refractivity contribution in [2.24, 2.45) is 5.92 Å². The number of fused-ring (bicyclic) bond motifs is 1. The van der Waals surface area contributed by atoms with Gasteiger partial charge in [0.25, 0.3) is 11.8 Å². The highest BCUT2D eigenvalue weighted by Gasteiger charge is 2.46. The van der Waals surface area contributed by atoms with Crippen LogP contribution in [-0.4, -0.2) is 85.4 Å². The van der Waals surface area contributed by atoms with Crippen molar-refractivity contribution < 1.29 is 18.0 Å². The molecule has 30 heavy (non-hydrogen) atoms. The van der Waals surface area contributed by atoms with Crippen LogP contribution >= 0.6 is 0 Å². The van der Waals surface area contributed by atoms with Crippen molar-refractivity contribution in [2.75, 3.05) is 39.5 Å². The summed E-state index contributed by atoms with van der Waals surface area (Å²) >= 11 is 0. The first-order valence-corrected chi connectivity index (χ1v) is 12.3. The molecular weight excluding hydrogens is 404 g/mol. The van der Waals surface area contributed by atoms with Gasteiger partial charge >= 0.3 is 0 Å². The van der Waals surface area contributed by atoms with Gasteiger partial charge < -0.3 is 14.7 Å². The Kier molecular flexibility index (Phi) is 5.57. The van der Waals surface area contributed by atoms with E-state index in [1.54, 1.807) is 41.4 Å². The molecule has 162 valence electrons. The molecule has 2 atom stereocenters. The normalized spacial score (nSPS) is 25.4. The molecule has 0 N–H and O–H groups in total. The van der Waals surface area contributed by atoms with Gasteiger partial charge in [0.15, 0.2) is 14.7 Å². The van der Waals surface area contributed by atoms with Crippen molar-refractivity contribution in [1.82, 2.24) is 19.7 Å². The van der Waals surface area contributed by atoms with Gasteiger partial charge in [-0.05, 0) is 25.0 Å². The average Bonchev–Trinajstić information content (AvgIpc) is 2.75. The highest BCUT2D eigenvalue weighted by molar-refractivity contribution is 7.95. The molecule has 1 saturated heterocycles. The van der Waals surface area contributed by atoms with E-state index in [4.69, 9.17) is 0 Å². The predicted octanol–water partition coefficient (Wildman–Crippen LogP) is 1.13. The van der Waals surface area contributed by atoms with E-state index in [1.165, 1.54) is 0 Å². The Morgan fingerprint density at radius 1 is 1.07 bits per heavy atom. The van der Waals surface area contributed by atoms with E-state index < -0.39 is 15.7 Å². The van der Waals surface area contributed by atoms with Crippen molar-refractivity contribution in [3.63, 3.8) is 0 Å². The van der Waals surface area contributed by atoms with Gasteiger partial charge in [-0.2, -0.15) is 0 Å². The number of aromatic nitrogens is 1. The number of sulfone groups is 1. The summed E-state index contributed by atoms with van der Waals surface area (Å²) in [6.45, 7) is 2.02. The molecule has 0 bridgehead atoms. The summed E-state index contributed by atoms with van der Waals surface area (Å²) in [4.78, 5) is 35.1. The summed E-state index contributed by atoms with van der Waals surface area (Å²) < 4.78 is 25.2. The third-order valence-corrected chi connectivity index (χ3v) is 7.66. The van der Waals surface area contributed by atoms with Gasteiger partial charge in [-0.25, -0.2) is 8.42 Å². The Labute approximate surface area is 177 Å². The van der Waals surface area contributed by atoms with Crippen LogP contribution in [0.15, 0.2) is 35.1 Å². The maximum absolute atomic E-state index is 13.0. The molecule has 1 aromatic heterocycles. The summed E-state index contributed by atoms with van der Waals surface area (Å²) in [5, 5.41) is 0. The van der Waals surface area contributed by atoms with E-state index in [-0.39, 0.29) is 22.8 Å².